The molecule has 40 heavy (non-hydrogen) atoms. The number of β-amino-alcohol motifs (C(OH)–C–C–N with tert-alkyl or cyclic N) is 1. The number of carbonyl (C=O) groups is 2. The number of likely N-dealkylation sites (tertiary alicyclic amines) is 1. The highest BCUT2D eigenvalue weighted by Crippen LogP contribution is 2.30. The van der Waals surface area contributed by atoms with Crippen molar-refractivity contribution in [3.05, 3.63) is 58.6 Å². The highest BCUT2D eigenvalue weighted by Gasteiger charge is 2.42. The number of hydrogen-bond acceptors (Lipinski definition) is 9. The number of amides is 2. The Morgan fingerprint density at radius 1 is 1.23 bits per heavy atom. The average Bonchev–Trinajstić information content (AvgIpc) is 3.69. The van der Waals surface area contributed by atoms with Crippen molar-refractivity contribution < 1.29 is 19.2 Å². The Labute approximate surface area is 238 Å². The van der Waals surface area contributed by atoms with E-state index in [2.05, 4.69) is 25.7 Å². The summed E-state index contributed by atoms with van der Waals surface area (Å²) in [5.41, 5.74) is 5.59. The summed E-state index contributed by atoms with van der Waals surface area (Å²) in [5.74, 6) is -0.547. The molecular weight excluding hydrogens is 528 g/mol. The summed E-state index contributed by atoms with van der Waals surface area (Å²) in [6.45, 7) is 10.3. The summed E-state index contributed by atoms with van der Waals surface area (Å²) in [6.07, 6.45) is -0.00765. The van der Waals surface area contributed by atoms with Gasteiger partial charge in [-0.3, -0.25) is 9.59 Å². The van der Waals surface area contributed by atoms with Crippen molar-refractivity contribution in [2.75, 3.05) is 39.3 Å². The topological polar surface area (TPSA) is 124 Å². The Bertz CT molecular complexity index is 1300. The Morgan fingerprint density at radius 3 is 2.62 bits per heavy atom. The predicted octanol–water partition coefficient (Wildman–Crippen LogP) is 2.63. The standard InChI is InChI=1S/C29H38N6O4S/c1-18-14-26(39-33-18)24(8-11-34-12-9-30-10-13-34)29(38)35-16-23(36)15-25(35)28(37)32-19(2)21-4-6-22(7-5-21)27-20(3)31-17-40-27/h4-7,14,17,19,23-25,30,36H,8-13,15-16H2,1-3H3,(H,32,37)/t19-,23+,24?,25-/m0/s1. The van der Waals surface area contributed by atoms with Crippen LogP contribution in [0.1, 0.15) is 54.4 Å². The van der Waals surface area contributed by atoms with Crippen LogP contribution in [-0.2, 0) is 9.59 Å². The zero-order valence-corrected chi connectivity index (χ0v) is 24.1. The molecule has 2 fully saturated rings. The predicted molar refractivity (Wildman–Crippen MR) is 153 cm³/mol. The van der Waals surface area contributed by atoms with Crippen LogP contribution in [0.15, 0.2) is 40.4 Å². The summed E-state index contributed by atoms with van der Waals surface area (Å²) >= 11 is 1.60. The molecule has 1 aromatic carbocycles. The van der Waals surface area contributed by atoms with Crippen LogP contribution in [0.5, 0.6) is 0 Å². The zero-order chi connectivity index (χ0) is 28.2. The number of nitrogens with one attached hydrogen (secondary N) is 2. The van der Waals surface area contributed by atoms with Crippen molar-refractivity contribution in [3.63, 3.8) is 0 Å². The second-order valence-electron chi connectivity index (χ2n) is 10.8. The van der Waals surface area contributed by atoms with E-state index in [1.807, 2.05) is 50.5 Å². The molecule has 2 aromatic heterocycles. The van der Waals surface area contributed by atoms with Crippen LogP contribution >= 0.6 is 11.3 Å². The molecule has 0 aliphatic carbocycles. The number of hydrogen-bond donors (Lipinski definition) is 3. The van der Waals surface area contributed by atoms with Gasteiger partial charge in [-0.25, -0.2) is 4.98 Å². The molecule has 11 heteroatoms. The van der Waals surface area contributed by atoms with Crippen molar-refractivity contribution in [1.29, 1.82) is 0 Å². The van der Waals surface area contributed by atoms with Crippen molar-refractivity contribution in [3.8, 4) is 10.4 Å². The molecular formula is C29H38N6O4S. The largest absolute Gasteiger partial charge is 0.391 e. The number of aliphatic hydroxyl groups excluding tert-OH is 1. The Balaban J connectivity index is 1.27. The second kappa shape index (κ2) is 12.6. The Hall–Kier alpha value is -3.12. The lowest BCUT2D eigenvalue weighted by Crippen LogP contribution is -2.48. The smallest absolute Gasteiger partial charge is 0.243 e. The molecule has 2 amide bonds. The van der Waals surface area contributed by atoms with Gasteiger partial charge in [0, 0.05) is 45.2 Å². The first-order chi connectivity index (χ1) is 19.3. The molecule has 2 aliphatic rings. The van der Waals surface area contributed by atoms with E-state index in [0.717, 1.165) is 54.4 Å². The number of benzene rings is 1. The molecule has 0 bridgehead atoms. The van der Waals surface area contributed by atoms with Gasteiger partial charge >= 0.3 is 0 Å². The Kier molecular flexibility index (Phi) is 8.94. The number of thiazole rings is 1. The first kappa shape index (κ1) is 28.4. The SMILES string of the molecule is Cc1cc(C(CCN2CCNCC2)C(=O)N2C[C@H](O)C[C@H]2C(=O)N[C@@H](C)c2ccc(-c3scnc3C)cc2)on1. The normalized spacial score (nSPS) is 21.4. The Morgan fingerprint density at radius 2 is 1.98 bits per heavy atom. The van der Waals surface area contributed by atoms with Crippen LogP contribution in [-0.4, -0.2) is 88.3 Å². The minimum atomic E-state index is -0.762. The quantitative estimate of drug-likeness (QED) is 0.361. The van der Waals surface area contributed by atoms with Crippen molar-refractivity contribution in [2.24, 2.45) is 0 Å². The molecule has 10 nitrogen and oxygen atoms in total. The van der Waals surface area contributed by atoms with Crippen LogP contribution in [0, 0.1) is 13.8 Å². The first-order valence-electron chi connectivity index (χ1n) is 14.0. The zero-order valence-electron chi connectivity index (χ0n) is 23.3. The number of aromatic nitrogens is 2. The summed E-state index contributed by atoms with van der Waals surface area (Å²) in [5, 5.41) is 21.0. The van der Waals surface area contributed by atoms with E-state index in [9.17, 15) is 14.7 Å². The van der Waals surface area contributed by atoms with E-state index in [-0.39, 0.29) is 30.8 Å². The molecule has 4 atom stereocenters. The first-order valence-corrected chi connectivity index (χ1v) is 14.8. The number of carbonyl (C=O) groups excluding carboxylic acids is 2. The van der Waals surface area contributed by atoms with E-state index >= 15 is 0 Å². The third-order valence-electron chi connectivity index (χ3n) is 7.87. The minimum Gasteiger partial charge on any atom is -0.391 e. The highest BCUT2D eigenvalue weighted by atomic mass is 32.1. The van der Waals surface area contributed by atoms with Crippen LogP contribution < -0.4 is 10.6 Å². The molecule has 2 saturated heterocycles. The number of aryl methyl sites for hydroxylation is 2. The maximum atomic E-state index is 13.9. The van der Waals surface area contributed by atoms with Gasteiger partial charge in [0.25, 0.3) is 0 Å². The summed E-state index contributed by atoms with van der Waals surface area (Å²) in [6, 6.07) is 8.86. The van der Waals surface area contributed by atoms with Gasteiger partial charge in [-0.1, -0.05) is 29.4 Å². The maximum absolute atomic E-state index is 13.9. The summed E-state index contributed by atoms with van der Waals surface area (Å²) in [7, 11) is 0. The third kappa shape index (κ3) is 6.43. The van der Waals surface area contributed by atoms with Gasteiger partial charge < -0.3 is 30.1 Å². The molecule has 4 heterocycles. The number of nitrogens with zero attached hydrogens (tertiary/aromatic N) is 4. The number of aliphatic hydroxyl groups is 1. The third-order valence-corrected chi connectivity index (χ3v) is 8.85. The molecule has 0 spiro atoms. The molecule has 2 aliphatic heterocycles. The van der Waals surface area contributed by atoms with E-state index in [4.69, 9.17) is 4.52 Å². The second-order valence-corrected chi connectivity index (χ2v) is 11.7. The van der Waals surface area contributed by atoms with Gasteiger partial charge in [0.05, 0.1) is 33.9 Å². The van der Waals surface area contributed by atoms with E-state index in [1.54, 1.807) is 17.4 Å². The van der Waals surface area contributed by atoms with Crippen LogP contribution in [0.4, 0.5) is 0 Å². The fourth-order valence-electron chi connectivity index (χ4n) is 5.58. The fraction of sp³-hybridized carbons (Fsp3) is 0.517. The van der Waals surface area contributed by atoms with Crippen molar-refractivity contribution in [1.82, 2.24) is 30.6 Å². The van der Waals surface area contributed by atoms with Gasteiger partial charge in [-0.2, -0.15) is 0 Å². The molecule has 3 N–H and O–H groups in total. The van der Waals surface area contributed by atoms with E-state index in [1.165, 1.54) is 4.90 Å². The molecule has 0 radical (unpaired) electrons. The maximum Gasteiger partial charge on any atom is 0.243 e. The summed E-state index contributed by atoms with van der Waals surface area (Å²) in [4.78, 5) is 36.7. The number of rotatable bonds is 9. The highest BCUT2D eigenvalue weighted by molar-refractivity contribution is 7.13. The lowest BCUT2D eigenvalue weighted by molar-refractivity contribution is -0.140. The average molecular weight is 567 g/mol. The van der Waals surface area contributed by atoms with Crippen molar-refractivity contribution in [2.45, 2.75) is 57.7 Å². The van der Waals surface area contributed by atoms with E-state index < -0.39 is 18.1 Å². The molecule has 5 rings (SSSR count). The molecule has 0 saturated carbocycles. The summed E-state index contributed by atoms with van der Waals surface area (Å²) < 4.78 is 5.54. The van der Waals surface area contributed by atoms with Crippen LogP contribution in [0.2, 0.25) is 0 Å². The monoisotopic (exact) mass is 566 g/mol. The minimum absolute atomic E-state index is 0.117. The van der Waals surface area contributed by atoms with Gasteiger partial charge in [0.1, 0.15) is 17.7 Å². The van der Waals surface area contributed by atoms with Crippen LogP contribution in [0.3, 0.4) is 0 Å². The van der Waals surface area contributed by atoms with Gasteiger partial charge in [-0.05, 0) is 44.9 Å². The molecule has 3 aromatic rings. The lowest BCUT2D eigenvalue weighted by Gasteiger charge is -2.31. The molecule has 214 valence electrons. The van der Waals surface area contributed by atoms with Gasteiger partial charge in [0.2, 0.25) is 11.8 Å². The molecule has 1 unspecified atom stereocenters. The number of piperazine rings is 1. The van der Waals surface area contributed by atoms with Crippen molar-refractivity contribution >= 4 is 23.2 Å². The van der Waals surface area contributed by atoms with Gasteiger partial charge in [0.15, 0.2) is 0 Å². The lowest BCUT2D eigenvalue weighted by atomic mass is 9.98. The van der Waals surface area contributed by atoms with Crippen LogP contribution in [0.25, 0.3) is 10.4 Å². The fourth-order valence-corrected chi connectivity index (χ4v) is 6.39. The van der Waals surface area contributed by atoms with E-state index in [0.29, 0.717) is 17.9 Å². The van der Waals surface area contributed by atoms with Gasteiger partial charge in [-0.15, -0.1) is 11.3 Å².